The maximum atomic E-state index is 14.3. The summed E-state index contributed by atoms with van der Waals surface area (Å²) < 4.78 is 18.9. The van der Waals surface area contributed by atoms with Gasteiger partial charge in [-0.1, -0.05) is 55.1 Å². The van der Waals surface area contributed by atoms with Crippen LogP contribution in [0, 0.1) is 5.82 Å². The Hall–Kier alpha value is -4.37. The summed E-state index contributed by atoms with van der Waals surface area (Å²) in [5, 5.41) is 18.6. The normalized spacial score (nSPS) is 20.4. The van der Waals surface area contributed by atoms with Crippen LogP contribution in [-0.2, 0) is 29.1 Å². The van der Waals surface area contributed by atoms with E-state index in [9.17, 15) is 18.8 Å². The van der Waals surface area contributed by atoms with Crippen LogP contribution in [0.25, 0.3) is 0 Å². The molecule has 48 heavy (non-hydrogen) atoms. The van der Waals surface area contributed by atoms with Crippen molar-refractivity contribution >= 4 is 35.3 Å². The van der Waals surface area contributed by atoms with E-state index in [0.29, 0.717) is 25.3 Å². The number of carbonyl (C=O) groups excluding carboxylic acids is 3. The van der Waals surface area contributed by atoms with Gasteiger partial charge in [0.25, 0.3) is 0 Å². The molecule has 3 heterocycles. The van der Waals surface area contributed by atoms with Crippen LogP contribution in [0.3, 0.4) is 0 Å². The Morgan fingerprint density at radius 3 is 2.60 bits per heavy atom. The van der Waals surface area contributed by atoms with Gasteiger partial charge in [0.2, 0.25) is 11.8 Å². The van der Waals surface area contributed by atoms with Gasteiger partial charge in [0.1, 0.15) is 35.9 Å². The average Bonchev–Trinajstić information content (AvgIpc) is 3.63. The summed E-state index contributed by atoms with van der Waals surface area (Å²) in [5.41, 5.74) is 9.26. The van der Waals surface area contributed by atoms with Crippen LogP contribution >= 0.6 is 11.8 Å². The van der Waals surface area contributed by atoms with E-state index in [1.54, 1.807) is 44.1 Å². The molecule has 12 nitrogen and oxygen atoms in total. The van der Waals surface area contributed by atoms with Crippen LogP contribution in [-0.4, -0.2) is 93.3 Å². The van der Waals surface area contributed by atoms with Crippen molar-refractivity contribution in [3.05, 3.63) is 89.2 Å². The molecule has 4 amide bonds. The number of carbonyl (C=O) groups is 3. The van der Waals surface area contributed by atoms with Crippen LogP contribution in [0.15, 0.2) is 71.6 Å². The molecular formula is C34H40FN7O5S. The number of anilines is 1. The highest BCUT2D eigenvalue weighted by Crippen LogP contribution is 2.40. The largest absolute Gasteiger partial charge is 0.491 e. The first-order chi connectivity index (χ1) is 23.2. The first kappa shape index (κ1) is 33.5. The van der Waals surface area contributed by atoms with Gasteiger partial charge >= 0.3 is 6.03 Å². The third-order valence-corrected chi connectivity index (χ3v) is 9.60. The highest BCUT2D eigenvalue weighted by atomic mass is 32.2. The first-order valence-electron chi connectivity index (χ1n) is 16.0. The number of nitrogens with one attached hydrogen (secondary N) is 2. The Balaban J connectivity index is 1.28. The van der Waals surface area contributed by atoms with E-state index in [-0.39, 0.29) is 68.4 Å². The summed E-state index contributed by atoms with van der Waals surface area (Å²) in [6, 6.07) is 17.9. The summed E-state index contributed by atoms with van der Waals surface area (Å²) >= 11 is 1.52. The summed E-state index contributed by atoms with van der Waals surface area (Å²) in [5.74, 6) is -0.187. The number of nitrogens with two attached hydrogens (primary N) is 1. The van der Waals surface area contributed by atoms with Gasteiger partial charge in [-0.05, 0) is 53.4 Å². The molecule has 6 rings (SSSR count). The Morgan fingerprint density at radius 2 is 1.88 bits per heavy atom. The molecule has 2 fully saturated rings. The summed E-state index contributed by atoms with van der Waals surface area (Å²) in [4.78, 5) is 46.2. The van der Waals surface area contributed by atoms with Crippen molar-refractivity contribution in [1.82, 2.24) is 25.1 Å². The number of halogens is 1. The quantitative estimate of drug-likeness (QED) is 0.228. The minimum Gasteiger partial charge on any atom is -0.491 e. The Labute approximate surface area is 282 Å². The van der Waals surface area contributed by atoms with Crippen LogP contribution in [0.1, 0.15) is 30.0 Å². The zero-order valence-corrected chi connectivity index (χ0v) is 27.5. The van der Waals surface area contributed by atoms with Crippen LogP contribution in [0.5, 0.6) is 5.75 Å². The maximum absolute atomic E-state index is 14.3. The molecule has 2 saturated heterocycles. The molecule has 3 aliphatic heterocycles. The second-order valence-electron chi connectivity index (χ2n) is 11.9. The van der Waals surface area contributed by atoms with E-state index in [0.717, 1.165) is 27.3 Å². The van der Waals surface area contributed by atoms with Gasteiger partial charge in [0.05, 0.1) is 25.4 Å². The minimum atomic E-state index is -0.808. The van der Waals surface area contributed by atoms with Gasteiger partial charge < -0.3 is 36.0 Å². The molecule has 0 saturated carbocycles. The number of para-hydroxylation sites is 1. The molecule has 3 aromatic carbocycles. The van der Waals surface area contributed by atoms with Crippen molar-refractivity contribution in [1.29, 1.82) is 0 Å². The predicted molar refractivity (Wildman–Crippen MR) is 179 cm³/mol. The van der Waals surface area contributed by atoms with E-state index >= 15 is 0 Å². The number of piperazine rings is 1. The smallest absolute Gasteiger partial charge is 0.332 e. The molecule has 0 aliphatic carbocycles. The molecule has 1 unspecified atom stereocenters. The lowest BCUT2D eigenvalue weighted by molar-refractivity contribution is -0.157. The van der Waals surface area contributed by atoms with E-state index in [4.69, 9.17) is 15.6 Å². The standard InChI is InChI=1S/C34H40FN7O5S/c1-2-14-40(34(46)37-18-23-6-10-25(35)11-7-23)41-21-30(44)42-27(17-22-8-12-26(13-9-22)47-16-15-43)32(45)39(20-29(41)42)19-24-4-3-5-28-31(24)38-33(36)48-28/h3-13,27,29,33,38,43H,2,14-21,36H2,1H3,(H,37,46)/t27-,29+,33?/m0/s1. The first-order valence-corrected chi connectivity index (χ1v) is 16.9. The van der Waals surface area contributed by atoms with Crippen molar-refractivity contribution in [2.45, 2.75) is 55.5 Å². The number of thioether (sulfide) groups is 1. The second-order valence-corrected chi connectivity index (χ2v) is 13.1. The highest BCUT2D eigenvalue weighted by Gasteiger charge is 2.52. The number of hydrazine groups is 1. The average molecular weight is 678 g/mol. The van der Waals surface area contributed by atoms with Gasteiger partial charge in [0, 0.05) is 31.0 Å². The number of amides is 4. The monoisotopic (exact) mass is 677 g/mol. The second kappa shape index (κ2) is 14.8. The number of aliphatic hydroxyl groups excluding tert-OH is 1. The molecule has 14 heteroatoms. The Bertz CT molecular complexity index is 1630. The number of rotatable bonds is 12. The number of hydrogen-bond acceptors (Lipinski definition) is 9. The number of urea groups is 1. The van der Waals surface area contributed by atoms with Gasteiger partial charge in [-0.15, -0.1) is 0 Å². The maximum Gasteiger partial charge on any atom is 0.332 e. The molecular weight excluding hydrogens is 637 g/mol. The van der Waals surface area contributed by atoms with Crippen molar-refractivity contribution in [3.63, 3.8) is 0 Å². The molecule has 3 aromatic rings. The molecule has 5 N–H and O–H groups in total. The number of fused-ring (bicyclic) bond motifs is 2. The summed E-state index contributed by atoms with van der Waals surface area (Å²) in [6.45, 7) is 2.99. The van der Waals surface area contributed by atoms with Crippen LogP contribution < -0.4 is 21.1 Å². The zero-order chi connectivity index (χ0) is 33.8. The SMILES string of the molecule is CCCN(C(=O)NCc1ccc(F)cc1)N1CC(=O)N2[C@@H](Cc3ccc(OCCO)cc3)C(=O)N(Cc3cccc4c3NC(N)S4)C[C@@H]21. The molecule has 0 aromatic heterocycles. The number of benzene rings is 3. The van der Waals surface area contributed by atoms with E-state index < -0.39 is 12.2 Å². The lowest BCUT2D eigenvalue weighted by Gasteiger charge is -2.46. The van der Waals surface area contributed by atoms with Crippen molar-refractivity contribution < 1.29 is 28.6 Å². The third kappa shape index (κ3) is 7.21. The molecule has 0 bridgehead atoms. The minimum absolute atomic E-state index is 0.0615. The summed E-state index contributed by atoms with van der Waals surface area (Å²) in [6.07, 6.45) is 0.317. The van der Waals surface area contributed by atoms with Gasteiger partial charge in [0.15, 0.2) is 0 Å². The van der Waals surface area contributed by atoms with E-state index in [1.165, 1.54) is 23.9 Å². The number of ether oxygens (including phenoxy) is 1. The number of nitrogens with zero attached hydrogens (tertiary/aromatic N) is 4. The summed E-state index contributed by atoms with van der Waals surface area (Å²) in [7, 11) is 0. The highest BCUT2D eigenvalue weighted by molar-refractivity contribution is 8.00. The Kier molecular flexibility index (Phi) is 10.3. The van der Waals surface area contributed by atoms with E-state index in [1.807, 2.05) is 37.3 Å². The molecule has 3 atom stereocenters. The molecule has 254 valence electrons. The Morgan fingerprint density at radius 1 is 1.12 bits per heavy atom. The van der Waals surface area contributed by atoms with Gasteiger partial charge in [-0.2, -0.15) is 5.01 Å². The lowest BCUT2D eigenvalue weighted by atomic mass is 9.99. The van der Waals surface area contributed by atoms with Crippen LogP contribution in [0.2, 0.25) is 0 Å². The molecule has 0 radical (unpaired) electrons. The number of hydrogen-bond donors (Lipinski definition) is 4. The van der Waals surface area contributed by atoms with Crippen molar-refractivity contribution in [2.75, 3.05) is 38.2 Å². The molecule has 0 spiro atoms. The fourth-order valence-electron chi connectivity index (χ4n) is 6.41. The number of aliphatic hydroxyl groups is 1. The van der Waals surface area contributed by atoms with Crippen LogP contribution in [0.4, 0.5) is 14.9 Å². The predicted octanol–water partition coefficient (Wildman–Crippen LogP) is 2.92. The van der Waals surface area contributed by atoms with Crippen molar-refractivity contribution in [3.8, 4) is 5.75 Å². The molecule has 3 aliphatic rings. The fourth-order valence-corrected chi connectivity index (χ4v) is 7.33. The zero-order valence-electron chi connectivity index (χ0n) is 26.7. The van der Waals surface area contributed by atoms with Gasteiger partial charge in [-0.25, -0.2) is 9.18 Å². The third-order valence-electron chi connectivity index (χ3n) is 8.63. The van der Waals surface area contributed by atoms with Crippen molar-refractivity contribution in [2.24, 2.45) is 5.73 Å². The lowest BCUT2D eigenvalue weighted by Crippen LogP contribution is -2.66. The van der Waals surface area contributed by atoms with Gasteiger partial charge in [-0.3, -0.25) is 14.6 Å². The van der Waals surface area contributed by atoms with E-state index in [2.05, 4.69) is 10.6 Å². The topological polar surface area (TPSA) is 144 Å². The fraction of sp³-hybridized carbons (Fsp3) is 0.382.